The number of hydrogen-bond donors (Lipinski definition) is 1. The molecule has 0 aromatic heterocycles. The second kappa shape index (κ2) is 6.27. The van der Waals surface area contributed by atoms with E-state index < -0.39 is 33.9 Å². The van der Waals surface area contributed by atoms with E-state index in [-0.39, 0.29) is 11.4 Å². The first-order chi connectivity index (χ1) is 9.32. The Kier molecular flexibility index (Phi) is 4.96. The number of rotatable bonds is 6. The zero-order valence-electron chi connectivity index (χ0n) is 10.3. The highest BCUT2D eigenvalue weighted by Gasteiger charge is 2.26. The van der Waals surface area contributed by atoms with E-state index in [1.165, 1.54) is 12.1 Å². The lowest BCUT2D eigenvalue weighted by atomic mass is 10.2. The summed E-state index contributed by atoms with van der Waals surface area (Å²) in [5, 5.41) is 17.4. The Morgan fingerprint density at radius 1 is 1.55 bits per heavy atom. The van der Waals surface area contributed by atoms with Gasteiger partial charge in [0.25, 0.3) is 0 Å². The van der Waals surface area contributed by atoms with Crippen LogP contribution < -0.4 is 0 Å². The van der Waals surface area contributed by atoms with Gasteiger partial charge in [-0.1, -0.05) is 6.08 Å². The standard InChI is InChI=1S/C12H11FN2O4S/c1-2-5-15(8-12(16)17)20(18,19)10-3-4-11(13)9(6-10)7-14/h2-4,6H,1,5,8H2,(H,16,17). The first-order valence-corrected chi connectivity index (χ1v) is 6.79. The van der Waals surface area contributed by atoms with Crippen LogP contribution >= 0.6 is 0 Å². The maximum Gasteiger partial charge on any atom is 0.318 e. The van der Waals surface area contributed by atoms with Gasteiger partial charge in [0, 0.05) is 6.54 Å². The SMILES string of the molecule is C=CCN(CC(=O)O)S(=O)(=O)c1ccc(F)c(C#N)c1. The Hall–Kier alpha value is -2.24. The van der Waals surface area contributed by atoms with Crippen molar-refractivity contribution >= 4 is 16.0 Å². The third-order valence-corrected chi connectivity index (χ3v) is 4.15. The largest absolute Gasteiger partial charge is 0.480 e. The minimum Gasteiger partial charge on any atom is -0.480 e. The molecule has 0 unspecified atom stereocenters. The van der Waals surface area contributed by atoms with Crippen LogP contribution in [0.25, 0.3) is 0 Å². The van der Waals surface area contributed by atoms with Gasteiger partial charge in [-0.15, -0.1) is 6.58 Å². The molecular weight excluding hydrogens is 287 g/mol. The van der Waals surface area contributed by atoms with E-state index in [2.05, 4.69) is 6.58 Å². The summed E-state index contributed by atoms with van der Waals surface area (Å²) < 4.78 is 38.3. The molecule has 0 fully saturated rings. The molecule has 0 aliphatic heterocycles. The van der Waals surface area contributed by atoms with Crippen LogP contribution in [0, 0.1) is 17.1 Å². The van der Waals surface area contributed by atoms with Gasteiger partial charge in [0.15, 0.2) is 0 Å². The molecule has 1 aromatic rings. The Balaban J connectivity index is 3.29. The van der Waals surface area contributed by atoms with Gasteiger partial charge >= 0.3 is 5.97 Å². The molecule has 1 rings (SSSR count). The number of nitriles is 1. The summed E-state index contributed by atoms with van der Waals surface area (Å²) in [7, 11) is -4.14. The third kappa shape index (κ3) is 3.40. The highest BCUT2D eigenvalue weighted by molar-refractivity contribution is 7.89. The minimum atomic E-state index is -4.14. The molecular formula is C12H11FN2O4S. The van der Waals surface area contributed by atoms with E-state index in [0.29, 0.717) is 4.31 Å². The zero-order valence-corrected chi connectivity index (χ0v) is 11.1. The lowest BCUT2D eigenvalue weighted by Crippen LogP contribution is -2.35. The first-order valence-electron chi connectivity index (χ1n) is 5.35. The maximum atomic E-state index is 13.2. The van der Waals surface area contributed by atoms with Crippen LogP contribution in [0.5, 0.6) is 0 Å². The molecule has 20 heavy (non-hydrogen) atoms. The van der Waals surface area contributed by atoms with Crippen molar-refractivity contribution < 1.29 is 22.7 Å². The predicted octanol–water partition coefficient (Wildman–Crippen LogP) is 0.959. The number of hydrogen-bond acceptors (Lipinski definition) is 4. The van der Waals surface area contributed by atoms with Gasteiger partial charge in [0.1, 0.15) is 18.4 Å². The number of carbonyl (C=O) groups is 1. The number of carboxylic acids is 1. The smallest absolute Gasteiger partial charge is 0.318 e. The molecule has 0 aliphatic carbocycles. The fourth-order valence-corrected chi connectivity index (χ4v) is 2.83. The molecule has 0 saturated heterocycles. The lowest BCUT2D eigenvalue weighted by molar-refractivity contribution is -0.137. The van der Waals surface area contributed by atoms with E-state index in [0.717, 1.165) is 18.2 Å². The number of benzene rings is 1. The molecule has 1 aromatic carbocycles. The van der Waals surface area contributed by atoms with Crippen molar-refractivity contribution in [3.05, 3.63) is 42.2 Å². The van der Waals surface area contributed by atoms with Crippen molar-refractivity contribution in [2.45, 2.75) is 4.90 Å². The van der Waals surface area contributed by atoms with Crippen molar-refractivity contribution in [2.24, 2.45) is 0 Å². The number of nitrogens with zero attached hydrogens (tertiary/aromatic N) is 2. The van der Waals surface area contributed by atoms with Crippen LogP contribution in [0.3, 0.4) is 0 Å². The van der Waals surface area contributed by atoms with Crippen molar-refractivity contribution in [3.63, 3.8) is 0 Å². The van der Waals surface area contributed by atoms with Gasteiger partial charge in [-0.2, -0.15) is 9.57 Å². The molecule has 0 amide bonds. The summed E-state index contributed by atoms with van der Waals surface area (Å²) in [6, 6.07) is 4.21. The van der Waals surface area contributed by atoms with Crippen LogP contribution in [0.1, 0.15) is 5.56 Å². The fraction of sp³-hybridized carbons (Fsp3) is 0.167. The lowest BCUT2D eigenvalue weighted by Gasteiger charge is -2.18. The van der Waals surface area contributed by atoms with Crippen molar-refractivity contribution in [2.75, 3.05) is 13.1 Å². The molecule has 1 N–H and O–H groups in total. The van der Waals surface area contributed by atoms with Crippen molar-refractivity contribution in [1.29, 1.82) is 5.26 Å². The normalized spacial score (nSPS) is 11.1. The van der Waals surface area contributed by atoms with Crippen LogP contribution in [0.4, 0.5) is 4.39 Å². The molecule has 8 heteroatoms. The summed E-state index contributed by atoms with van der Waals surface area (Å²) in [4.78, 5) is 10.3. The van der Waals surface area contributed by atoms with E-state index in [1.54, 1.807) is 0 Å². The average molecular weight is 298 g/mol. The Labute approximate surface area is 115 Å². The molecule has 0 aliphatic rings. The van der Waals surface area contributed by atoms with Gasteiger partial charge in [-0.25, -0.2) is 12.8 Å². The van der Waals surface area contributed by atoms with Gasteiger partial charge in [-0.3, -0.25) is 4.79 Å². The molecule has 0 heterocycles. The van der Waals surface area contributed by atoms with E-state index in [1.807, 2.05) is 0 Å². The molecule has 0 atom stereocenters. The van der Waals surface area contributed by atoms with Crippen LogP contribution in [-0.2, 0) is 14.8 Å². The number of carboxylic acid groups (broad SMARTS) is 1. The first kappa shape index (κ1) is 15.8. The van der Waals surface area contributed by atoms with Gasteiger partial charge in [0.2, 0.25) is 10.0 Å². The number of sulfonamides is 1. The van der Waals surface area contributed by atoms with Gasteiger partial charge in [0.05, 0.1) is 10.5 Å². The van der Waals surface area contributed by atoms with Gasteiger partial charge < -0.3 is 5.11 Å². The Bertz CT molecular complexity index is 679. The summed E-state index contributed by atoms with van der Waals surface area (Å²) in [6.07, 6.45) is 1.23. The molecule has 0 saturated carbocycles. The van der Waals surface area contributed by atoms with Gasteiger partial charge in [-0.05, 0) is 18.2 Å². The highest BCUT2D eigenvalue weighted by Crippen LogP contribution is 2.18. The number of aliphatic carboxylic acids is 1. The highest BCUT2D eigenvalue weighted by atomic mass is 32.2. The van der Waals surface area contributed by atoms with E-state index in [4.69, 9.17) is 10.4 Å². The summed E-state index contributed by atoms with van der Waals surface area (Å²) in [5.41, 5.74) is -0.431. The minimum absolute atomic E-state index is 0.214. The molecule has 106 valence electrons. The van der Waals surface area contributed by atoms with Crippen molar-refractivity contribution in [3.8, 4) is 6.07 Å². The quantitative estimate of drug-likeness (QED) is 0.789. The second-order valence-electron chi connectivity index (χ2n) is 3.73. The van der Waals surface area contributed by atoms with Crippen LogP contribution in [-0.4, -0.2) is 36.9 Å². The zero-order chi connectivity index (χ0) is 15.3. The topological polar surface area (TPSA) is 98.5 Å². The van der Waals surface area contributed by atoms with E-state index >= 15 is 0 Å². The molecule has 0 spiro atoms. The molecule has 0 bridgehead atoms. The summed E-state index contributed by atoms with van der Waals surface area (Å²) >= 11 is 0. The second-order valence-corrected chi connectivity index (χ2v) is 5.67. The molecule has 6 nitrogen and oxygen atoms in total. The Morgan fingerprint density at radius 3 is 2.70 bits per heavy atom. The van der Waals surface area contributed by atoms with Crippen LogP contribution in [0.2, 0.25) is 0 Å². The van der Waals surface area contributed by atoms with Crippen LogP contribution in [0.15, 0.2) is 35.7 Å². The average Bonchev–Trinajstić information content (AvgIpc) is 2.38. The number of halogens is 1. The van der Waals surface area contributed by atoms with E-state index in [9.17, 15) is 17.6 Å². The van der Waals surface area contributed by atoms with Crippen molar-refractivity contribution in [1.82, 2.24) is 4.31 Å². The predicted molar refractivity (Wildman–Crippen MR) is 67.7 cm³/mol. The third-order valence-electron chi connectivity index (χ3n) is 2.34. The summed E-state index contributed by atoms with van der Waals surface area (Å²) in [5.74, 6) is -2.18. The summed E-state index contributed by atoms with van der Waals surface area (Å²) in [6.45, 7) is 2.38. The Morgan fingerprint density at radius 2 is 2.20 bits per heavy atom. The maximum absolute atomic E-state index is 13.2. The monoisotopic (exact) mass is 298 g/mol. The fourth-order valence-electron chi connectivity index (χ4n) is 1.44. The molecule has 0 radical (unpaired) electrons.